The monoisotopic (exact) mass is 239 g/mol. The highest BCUT2D eigenvalue weighted by Gasteiger charge is 2.75. The fraction of sp³-hybridized carbons (Fsp3) is 1.00. The van der Waals surface area contributed by atoms with Crippen molar-refractivity contribution < 1.29 is 30.7 Å². The molecule has 1 aliphatic carbocycles. The second kappa shape index (κ2) is 2.99. The maximum absolute atomic E-state index is 12.6. The molecule has 0 saturated heterocycles. The number of hydrogen-bond acceptors (Lipinski definition) is 1. The Morgan fingerprint density at radius 2 is 1.47 bits per heavy atom. The van der Waals surface area contributed by atoms with E-state index < -0.39 is 42.8 Å². The summed E-state index contributed by atoms with van der Waals surface area (Å²) in [5.74, 6) is -8.64. The van der Waals surface area contributed by atoms with Crippen LogP contribution in [0.4, 0.5) is 30.7 Å². The van der Waals surface area contributed by atoms with Crippen LogP contribution in [0.15, 0.2) is 0 Å². The third kappa shape index (κ3) is 1.91. The van der Waals surface area contributed by atoms with Gasteiger partial charge >= 0.3 is 12.1 Å². The van der Waals surface area contributed by atoms with Crippen molar-refractivity contribution in [1.82, 2.24) is 0 Å². The SMILES string of the molecule is NCC1(CC(F)(F)C(F)(F)F)CC1(F)F. The van der Waals surface area contributed by atoms with Crippen LogP contribution in [0.3, 0.4) is 0 Å². The molecule has 8 heteroatoms. The molecule has 0 amide bonds. The zero-order valence-electron chi connectivity index (χ0n) is 7.34. The van der Waals surface area contributed by atoms with Crippen LogP contribution < -0.4 is 5.73 Å². The summed E-state index contributed by atoms with van der Waals surface area (Å²) in [5.41, 5.74) is 2.42. The fourth-order valence-electron chi connectivity index (χ4n) is 1.39. The smallest absolute Gasteiger partial charge is 0.330 e. The average Bonchev–Trinajstić information content (AvgIpc) is 2.50. The quantitative estimate of drug-likeness (QED) is 0.752. The Balaban J connectivity index is 2.79. The predicted molar refractivity (Wildman–Crippen MR) is 36.7 cm³/mol. The zero-order valence-corrected chi connectivity index (χ0v) is 7.34. The molecule has 1 fully saturated rings. The lowest BCUT2D eigenvalue weighted by atomic mass is 9.97. The van der Waals surface area contributed by atoms with Gasteiger partial charge < -0.3 is 5.73 Å². The summed E-state index contributed by atoms with van der Waals surface area (Å²) in [6, 6.07) is 0. The van der Waals surface area contributed by atoms with Gasteiger partial charge in [-0.2, -0.15) is 22.0 Å². The zero-order chi connectivity index (χ0) is 12.1. The van der Waals surface area contributed by atoms with E-state index >= 15 is 0 Å². The summed E-state index contributed by atoms with van der Waals surface area (Å²) in [4.78, 5) is 0. The molecular formula is C7H8F7N. The van der Waals surface area contributed by atoms with Crippen molar-refractivity contribution in [2.75, 3.05) is 6.54 Å². The lowest BCUT2D eigenvalue weighted by Crippen LogP contribution is -2.41. The Labute approximate surface area is 80.4 Å². The van der Waals surface area contributed by atoms with Gasteiger partial charge in [0, 0.05) is 19.4 Å². The lowest BCUT2D eigenvalue weighted by Gasteiger charge is -2.24. The van der Waals surface area contributed by atoms with E-state index in [0.29, 0.717) is 0 Å². The van der Waals surface area contributed by atoms with Gasteiger partial charge in [-0.25, -0.2) is 8.78 Å². The first-order chi connectivity index (χ1) is 6.47. The molecule has 0 aromatic carbocycles. The third-order valence-corrected chi connectivity index (χ3v) is 2.58. The van der Waals surface area contributed by atoms with Crippen LogP contribution in [-0.4, -0.2) is 24.6 Å². The third-order valence-electron chi connectivity index (χ3n) is 2.58. The molecule has 0 spiro atoms. The van der Waals surface area contributed by atoms with E-state index in [2.05, 4.69) is 0 Å². The van der Waals surface area contributed by atoms with Gasteiger partial charge in [-0.1, -0.05) is 0 Å². The normalized spacial score (nSPS) is 30.4. The van der Waals surface area contributed by atoms with Crippen molar-refractivity contribution in [1.29, 1.82) is 0 Å². The summed E-state index contributed by atoms with van der Waals surface area (Å²) < 4.78 is 85.4. The summed E-state index contributed by atoms with van der Waals surface area (Å²) in [6.07, 6.45) is -8.77. The molecule has 1 rings (SSSR count). The molecule has 1 saturated carbocycles. The first-order valence-electron chi connectivity index (χ1n) is 4.00. The molecule has 0 bridgehead atoms. The topological polar surface area (TPSA) is 26.0 Å². The second-order valence-electron chi connectivity index (χ2n) is 3.74. The molecule has 1 nitrogen and oxygen atoms in total. The van der Waals surface area contributed by atoms with Crippen molar-refractivity contribution in [2.24, 2.45) is 11.1 Å². The molecule has 2 N–H and O–H groups in total. The van der Waals surface area contributed by atoms with Gasteiger partial charge in [0.05, 0.1) is 5.41 Å². The van der Waals surface area contributed by atoms with Crippen molar-refractivity contribution in [3.8, 4) is 0 Å². The molecule has 0 aromatic heterocycles. The number of alkyl halides is 7. The minimum absolute atomic E-state index is 0.883. The minimum atomic E-state index is -5.81. The van der Waals surface area contributed by atoms with Crippen molar-refractivity contribution in [3.05, 3.63) is 0 Å². The maximum Gasteiger partial charge on any atom is 0.453 e. The van der Waals surface area contributed by atoms with E-state index in [4.69, 9.17) is 5.73 Å². The summed E-state index contributed by atoms with van der Waals surface area (Å²) >= 11 is 0. The van der Waals surface area contributed by atoms with E-state index in [-0.39, 0.29) is 0 Å². The molecular weight excluding hydrogens is 231 g/mol. The van der Waals surface area contributed by atoms with Crippen LogP contribution in [0.2, 0.25) is 0 Å². The Bertz CT molecular complexity index is 259. The van der Waals surface area contributed by atoms with E-state index in [1.54, 1.807) is 0 Å². The average molecular weight is 239 g/mol. The molecule has 0 heterocycles. The van der Waals surface area contributed by atoms with Gasteiger partial charge in [-0.05, 0) is 0 Å². The Morgan fingerprint density at radius 3 is 1.67 bits per heavy atom. The lowest BCUT2D eigenvalue weighted by molar-refractivity contribution is -0.290. The molecule has 90 valence electrons. The van der Waals surface area contributed by atoms with Crippen LogP contribution in [-0.2, 0) is 0 Å². The van der Waals surface area contributed by atoms with E-state index in [1.165, 1.54) is 0 Å². The maximum atomic E-state index is 12.6. The van der Waals surface area contributed by atoms with Crippen LogP contribution in [0, 0.1) is 5.41 Å². The summed E-state index contributed by atoms with van der Waals surface area (Å²) in [5, 5.41) is 0. The number of nitrogens with two attached hydrogens (primary N) is 1. The summed E-state index contributed by atoms with van der Waals surface area (Å²) in [7, 11) is 0. The largest absolute Gasteiger partial charge is 0.453 e. The van der Waals surface area contributed by atoms with Gasteiger partial charge in [-0.3, -0.25) is 0 Å². The van der Waals surface area contributed by atoms with E-state index in [0.717, 1.165) is 0 Å². The van der Waals surface area contributed by atoms with Gasteiger partial charge in [0.2, 0.25) is 0 Å². The van der Waals surface area contributed by atoms with Crippen molar-refractivity contribution in [2.45, 2.75) is 30.9 Å². The predicted octanol–water partition coefficient (Wildman–Crippen LogP) is 2.56. The fourth-order valence-corrected chi connectivity index (χ4v) is 1.39. The highest BCUT2D eigenvalue weighted by atomic mass is 19.4. The Morgan fingerprint density at radius 1 is 1.07 bits per heavy atom. The standard InChI is InChI=1S/C7H8F7N/c8-5(9)1-4(5,3-15)2-6(10,11)7(12,13)14/h1-3,15H2. The van der Waals surface area contributed by atoms with Crippen LogP contribution in [0.1, 0.15) is 12.8 Å². The number of rotatable bonds is 3. The molecule has 0 aromatic rings. The van der Waals surface area contributed by atoms with Gasteiger partial charge in [0.1, 0.15) is 0 Å². The highest BCUT2D eigenvalue weighted by Crippen LogP contribution is 2.65. The first kappa shape index (κ1) is 12.5. The van der Waals surface area contributed by atoms with Crippen molar-refractivity contribution >= 4 is 0 Å². The minimum Gasteiger partial charge on any atom is -0.330 e. The van der Waals surface area contributed by atoms with Crippen LogP contribution in [0.5, 0.6) is 0 Å². The second-order valence-corrected chi connectivity index (χ2v) is 3.74. The van der Waals surface area contributed by atoms with Gasteiger partial charge in [0.15, 0.2) is 0 Å². The highest BCUT2D eigenvalue weighted by molar-refractivity contribution is 5.13. The Hall–Kier alpha value is -0.530. The molecule has 1 aliphatic rings. The van der Waals surface area contributed by atoms with E-state index in [1.807, 2.05) is 0 Å². The van der Waals surface area contributed by atoms with Crippen LogP contribution >= 0.6 is 0 Å². The molecule has 1 atom stereocenters. The Kier molecular flexibility index (Phi) is 2.50. The molecule has 0 aliphatic heterocycles. The molecule has 0 radical (unpaired) electrons. The van der Waals surface area contributed by atoms with Crippen LogP contribution in [0.25, 0.3) is 0 Å². The molecule has 1 unspecified atom stereocenters. The number of hydrogen-bond donors (Lipinski definition) is 1. The van der Waals surface area contributed by atoms with E-state index in [9.17, 15) is 30.7 Å². The number of halogens is 7. The summed E-state index contributed by atoms with van der Waals surface area (Å²) in [6.45, 7) is -0.883. The van der Waals surface area contributed by atoms with Crippen molar-refractivity contribution in [3.63, 3.8) is 0 Å². The molecule has 15 heavy (non-hydrogen) atoms. The first-order valence-corrected chi connectivity index (χ1v) is 4.00. The van der Waals surface area contributed by atoms with Gasteiger partial charge in [0.25, 0.3) is 5.92 Å². The van der Waals surface area contributed by atoms with Gasteiger partial charge in [-0.15, -0.1) is 0 Å².